The van der Waals surface area contributed by atoms with Gasteiger partial charge in [0.1, 0.15) is 5.75 Å². The molecule has 2 amide bonds. The van der Waals surface area contributed by atoms with Crippen molar-refractivity contribution in [2.45, 2.75) is 19.8 Å². The third-order valence-corrected chi connectivity index (χ3v) is 4.09. The first-order chi connectivity index (χ1) is 13.4. The van der Waals surface area contributed by atoms with Crippen molar-refractivity contribution in [1.82, 2.24) is 21.0 Å². The quantitative estimate of drug-likeness (QED) is 0.567. The molecule has 144 valence electrons. The lowest BCUT2D eigenvalue weighted by Crippen LogP contribution is -2.41. The molecule has 0 bridgehead atoms. The van der Waals surface area contributed by atoms with Gasteiger partial charge in [0.15, 0.2) is 0 Å². The highest BCUT2D eigenvalue weighted by Crippen LogP contribution is 2.21. The fraction of sp³-hybridized carbons (Fsp3) is 0.158. The van der Waals surface area contributed by atoms with Crippen molar-refractivity contribution in [2.75, 3.05) is 0 Å². The predicted molar refractivity (Wildman–Crippen MR) is 102 cm³/mol. The van der Waals surface area contributed by atoms with Crippen molar-refractivity contribution < 1.29 is 19.1 Å². The summed E-state index contributed by atoms with van der Waals surface area (Å²) in [7, 11) is 0. The number of carbonyl (C=O) groups excluding carboxylic acids is 2. The molecule has 3 N–H and O–H groups in total. The summed E-state index contributed by atoms with van der Waals surface area (Å²) in [5, 5.41) is 17.8. The van der Waals surface area contributed by atoms with Crippen LogP contribution in [0.25, 0.3) is 11.5 Å². The van der Waals surface area contributed by atoms with Crippen LogP contribution in [0.15, 0.2) is 46.9 Å². The number of hydrogen-bond acceptors (Lipinski definition) is 6. The van der Waals surface area contributed by atoms with Gasteiger partial charge in [0.2, 0.25) is 17.7 Å². The van der Waals surface area contributed by atoms with E-state index in [1.165, 1.54) is 18.2 Å². The second kappa shape index (κ2) is 8.53. The zero-order valence-corrected chi connectivity index (χ0v) is 15.7. The minimum Gasteiger partial charge on any atom is -0.507 e. The lowest BCUT2D eigenvalue weighted by molar-refractivity contribution is -0.121. The van der Waals surface area contributed by atoms with E-state index in [1.807, 2.05) is 31.2 Å². The molecule has 0 atom stereocenters. The number of carbonyl (C=O) groups is 2. The van der Waals surface area contributed by atoms with E-state index >= 15 is 0 Å². The first-order valence-corrected chi connectivity index (χ1v) is 8.77. The van der Waals surface area contributed by atoms with E-state index in [-0.39, 0.29) is 29.2 Å². The van der Waals surface area contributed by atoms with Gasteiger partial charge >= 0.3 is 0 Å². The van der Waals surface area contributed by atoms with Gasteiger partial charge in [-0.2, -0.15) is 0 Å². The number of phenols is 1. The van der Waals surface area contributed by atoms with Crippen LogP contribution in [0.1, 0.15) is 28.2 Å². The molecule has 1 aromatic heterocycles. The Morgan fingerprint density at radius 3 is 2.61 bits per heavy atom. The molecule has 8 nitrogen and oxygen atoms in total. The Balaban J connectivity index is 1.50. The van der Waals surface area contributed by atoms with E-state index in [2.05, 4.69) is 21.0 Å². The van der Waals surface area contributed by atoms with E-state index in [0.717, 1.165) is 11.1 Å². The van der Waals surface area contributed by atoms with E-state index < -0.39 is 11.8 Å². The van der Waals surface area contributed by atoms with Crippen LogP contribution in [0, 0.1) is 6.92 Å². The molecule has 1 heterocycles. The fourth-order valence-electron chi connectivity index (χ4n) is 2.33. The van der Waals surface area contributed by atoms with Crippen molar-refractivity contribution >= 4 is 23.4 Å². The molecular formula is C19H17ClN4O4. The number of amides is 2. The summed E-state index contributed by atoms with van der Waals surface area (Å²) >= 11 is 5.79. The monoisotopic (exact) mass is 400 g/mol. The van der Waals surface area contributed by atoms with Gasteiger partial charge in [-0.3, -0.25) is 20.4 Å². The number of rotatable bonds is 5. The van der Waals surface area contributed by atoms with Crippen LogP contribution in [0.4, 0.5) is 0 Å². The summed E-state index contributed by atoms with van der Waals surface area (Å²) in [4.78, 5) is 23.9. The lowest BCUT2D eigenvalue weighted by Gasteiger charge is -2.08. The van der Waals surface area contributed by atoms with Crippen LogP contribution in [0.2, 0.25) is 5.02 Å². The highest BCUT2D eigenvalue weighted by atomic mass is 35.5. The molecule has 3 rings (SSSR count). The third kappa shape index (κ3) is 4.86. The van der Waals surface area contributed by atoms with Crippen molar-refractivity contribution in [3.05, 3.63) is 64.5 Å². The SMILES string of the molecule is Cc1ccc(-c2nnc(CCC(=O)NNC(=O)c3cc(Cl)ccc3O)o2)cc1. The van der Waals surface area contributed by atoms with Gasteiger partial charge < -0.3 is 9.52 Å². The number of benzene rings is 2. The summed E-state index contributed by atoms with van der Waals surface area (Å²) in [6.45, 7) is 1.98. The molecule has 3 aromatic rings. The molecule has 0 aliphatic rings. The number of aromatic nitrogens is 2. The van der Waals surface area contributed by atoms with Crippen LogP contribution in [0.3, 0.4) is 0 Å². The number of aryl methyl sites for hydroxylation is 2. The molecule has 0 aliphatic carbocycles. The predicted octanol–water partition coefficient (Wildman–Crippen LogP) is 2.80. The second-order valence-corrected chi connectivity index (χ2v) is 6.47. The maximum Gasteiger partial charge on any atom is 0.273 e. The first-order valence-electron chi connectivity index (χ1n) is 8.39. The van der Waals surface area contributed by atoms with Gasteiger partial charge in [-0.15, -0.1) is 10.2 Å². The van der Waals surface area contributed by atoms with Crippen molar-refractivity contribution in [2.24, 2.45) is 0 Å². The third-order valence-electron chi connectivity index (χ3n) is 3.85. The number of hydrazine groups is 1. The average Bonchev–Trinajstić information content (AvgIpc) is 3.16. The van der Waals surface area contributed by atoms with Crippen molar-refractivity contribution in [3.63, 3.8) is 0 Å². The summed E-state index contributed by atoms with van der Waals surface area (Å²) < 4.78 is 5.55. The zero-order chi connectivity index (χ0) is 20.1. The molecule has 0 radical (unpaired) electrons. The van der Waals surface area contributed by atoms with Gasteiger partial charge in [0.05, 0.1) is 5.56 Å². The largest absolute Gasteiger partial charge is 0.507 e. The summed E-state index contributed by atoms with van der Waals surface area (Å²) in [6, 6.07) is 11.7. The Labute approximate surface area is 165 Å². The van der Waals surface area contributed by atoms with Gasteiger partial charge in [-0.1, -0.05) is 29.3 Å². The summed E-state index contributed by atoms with van der Waals surface area (Å²) in [6.07, 6.45) is 0.236. The maximum absolute atomic E-state index is 12.0. The van der Waals surface area contributed by atoms with Crippen molar-refractivity contribution in [1.29, 1.82) is 0 Å². The maximum atomic E-state index is 12.0. The van der Waals surface area contributed by atoms with Crippen molar-refractivity contribution in [3.8, 4) is 17.2 Å². The molecule has 9 heteroatoms. The number of nitrogens with one attached hydrogen (secondary N) is 2. The molecule has 0 saturated heterocycles. The average molecular weight is 401 g/mol. The highest BCUT2D eigenvalue weighted by Gasteiger charge is 2.14. The van der Waals surface area contributed by atoms with Gasteiger partial charge in [0, 0.05) is 23.4 Å². The van der Waals surface area contributed by atoms with Crippen LogP contribution in [-0.2, 0) is 11.2 Å². The Morgan fingerprint density at radius 2 is 1.86 bits per heavy atom. The number of aromatic hydroxyl groups is 1. The number of phenolic OH excluding ortho intramolecular Hbond substituents is 1. The topological polar surface area (TPSA) is 117 Å². The first kappa shape index (κ1) is 19.4. The van der Waals surface area contributed by atoms with Crippen LogP contribution >= 0.6 is 11.6 Å². The Kier molecular flexibility index (Phi) is 5.90. The minimum atomic E-state index is -0.687. The standard InChI is InChI=1S/C19H17ClN4O4/c1-11-2-4-12(5-3-11)19-24-22-17(28-19)9-8-16(26)21-23-18(27)14-10-13(20)6-7-15(14)25/h2-7,10,25H,8-9H2,1H3,(H,21,26)(H,23,27). The fourth-order valence-corrected chi connectivity index (χ4v) is 2.51. The minimum absolute atomic E-state index is 0.0251. The van der Waals surface area contributed by atoms with Crippen LogP contribution < -0.4 is 10.9 Å². The molecule has 2 aromatic carbocycles. The van der Waals surface area contributed by atoms with Gasteiger partial charge in [-0.25, -0.2) is 0 Å². The number of nitrogens with zero attached hydrogens (tertiary/aromatic N) is 2. The molecule has 0 aliphatic heterocycles. The van der Waals surface area contributed by atoms with Gasteiger partial charge in [0.25, 0.3) is 5.91 Å². The van der Waals surface area contributed by atoms with E-state index in [4.69, 9.17) is 16.0 Å². The molecule has 0 saturated carbocycles. The number of halogens is 1. The molecular weight excluding hydrogens is 384 g/mol. The Hall–Kier alpha value is -3.39. The molecule has 0 unspecified atom stereocenters. The van der Waals surface area contributed by atoms with E-state index in [9.17, 15) is 14.7 Å². The van der Waals surface area contributed by atoms with E-state index in [1.54, 1.807) is 0 Å². The smallest absolute Gasteiger partial charge is 0.273 e. The zero-order valence-electron chi connectivity index (χ0n) is 14.9. The summed E-state index contributed by atoms with van der Waals surface area (Å²) in [5.74, 6) is -0.701. The molecule has 0 spiro atoms. The van der Waals surface area contributed by atoms with Crippen LogP contribution in [-0.4, -0.2) is 27.1 Å². The lowest BCUT2D eigenvalue weighted by atomic mass is 10.1. The highest BCUT2D eigenvalue weighted by molar-refractivity contribution is 6.31. The molecule has 0 fully saturated rings. The van der Waals surface area contributed by atoms with E-state index in [0.29, 0.717) is 11.8 Å². The normalized spacial score (nSPS) is 10.5. The second-order valence-electron chi connectivity index (χ2n) is 6.03. The Bertz CT molecular complexity index is 1000. The van der Waals surface area contributed by atoms with Gasteiger partial charge in [-0.05, 0) is 37.3 Å². The Morgan fingerprint density at radius 1 is 1.11 bits per heavy atom. The van der Waals surface area contributed by atoms with Crippen LogP contribution in [0.5, 0.6) is 5.75 Å². The molecule has 28 heavy (non-hydrogen) atoms. The summed E-state index contributed by atoms with van der Waals surface area (Å²) in [5.41, 5.74) is 6.34. The number of hydrogen-bond donors (Lipinski definition) is 3.